The lowest BCUT2D eigenvalue weighted by atomic mass is 10.0. The summed E-state index contributed by atoms with van der Waals surface area (Å²) in [7, 11) is 1.61. The summed E-state index contributed by atoms with van der Waals surface area (Å²) in [5, 5.41) is 3.78. The van der Waals surface area contributed by atoms with Gasteiger partial charge < -0.3 is 10.1 Å². The van der Waals surface area contributed by atoms with Crippen LogP contribution in [-0.2, 0) is 11.3 Å². The molecule has 0 amide bonds. The molecule has 0 fully saturated rings. The van der Waals surface area contributed by atoms with Gasteiger partial charge in [0, 0.05) is 19.2 Å². The van der Waals surface area contributed by atoms with Gasteiger partial charge in [-0.3, -0.25) is 0 Å². The molecule has 5 heteroatoms. The molecule has 0 aliphatic carbocycles. The van der Waals surface area contributed by atoms with E-state index in [1.807, 2.05) is 0 Å². The Balaban J connectivity index is 2.76. The third-order valence-electron chi connectivity index (χ3n) is 2.89. The summed E-state index contributed by atoms with van der Waals surface area (Å²) in [6, 6.07) is 2.08. The highest BCUT2D eigenvalue weighted by Gasteiger charge is 2.11. The summed E-state index contributed by atoms with van der Waals surface area (Å²) in [6.45, 7) is 6.88. The third kappa shape index (κ3) is 4.48. The normalized spacial score (nSPS) is 14.4. The molecule has 0 aromatic carbocycles. The van der Waals surface area contributed by atoms with Gasteiger partial charge in [-0.2, -0.15) is 0 Å². The molecule has 0 radical (unpaired) electrons. The van der Waals surface area contributed by atoms with E-state index in [2.05, 4.69) is 36.1 Å². The molecule has 0 aliphatic heterocycles. The van der Waals surface area contributed by atoms with Gasteiger partial charge in [0.15, 0.2) is 5.82 Å². The highest BCUT2D eigenvalue weighted by molar-refractivity contribution is 6.29. The lowest BCUT2D eigenvalue weighted by molar-refractivity contribution is 0.178. The second-order valence-electron chi connectivity index (χ2n) is 4.24. The Kier molecular flexibility index (Phi) is 5.65. The van der Waals surface area contributed by atoms with E-state index in [0.29, 0.717) is 29.5 Å². The maximum atomic E-state index is 5.94. The van der Waals surface area contributed by atoms with Crippen LogP contribution in [0.25, 0.3) is 0 Å². The number of ether oxygens (including phenoxy) is 1. The summed E-state index contributed by atoms with van der Waals surface area (Å²) in [5.74, 6) is 1.93. The van der Waals surface area contributed by atoms with Gasteiger partial charge in [-0.15, -0.1) is 0 Å². The molecule has 1 rings (SSSR count). The van der Waals surface area contributed by atoms with Crippen molar-refractivity contribution < 1.29 is 4.74 Å². The number of rotatable bonds is 6. The van der Waals surface area contributed by atoms with Crippen LogP contribution in [0, 0.1) is 5.92 Å². The van der Waals surface area contributed by atoms with Crippen molar-refractivity contribution in [1.82, 2.24) is 9.97 Å². The Morgan fingerprint density at radius 2 is 2.12 bits per heavy atom. The van der Waals surface area contributed by atoms with E-state index in [4.69, 9.17) is 16.3 Å². The minimum atomic E-state index is 0.348. The van der Waals surface area contributed by atoms with Crippen molar-refractivity contribution in [3.8, 4) is 0 Å². The molecule has 17 heavy (non-hydrogen) atoms. The number of hydrogen-bond donors (Lipinski definition) is 1. The van der Waals surface area contributed by atoms with Gasteiger partial charge in [-0.25, -0.2) is 9.97 Å². The molecule has 0 spiro atoms. The summed E-state index contributed by atoms with van der Waals surface area (Å²) in [4.78, 5) is 8.43. The van der Waals surface area contributed by atoms with Crippen molar-refractivity contribution in [2.75, 3.05) is 12.4 Å². The first-order valence-electron chi connectivity index (χ1n) is 5.85. The molecule has 0 saturated heterocycles. The number of halogens is 1. The number of methoxy groups -OCH3 is 1. The topological polar surface area (TPSA) is 47.0 Å². The van der Waals surface area contributed by atoms with Crippen molar-refractivity contribution in [1.29, 1.82) is 0 Å². The largest absolute Gasteiger partial charge is 0.377 e. The van der Waals surface area contributed by atoms with Crippen LogP contribution in [0.2, 0.25) is 5.15 Å². The molecule has 2 unspecified atom stereocenters. The first-order valence-corrected chi connectivity index (χ1v) is 6.23. The third-order valence-corrected chi connectivity index (χ3v) is 3.08. The van der Waals surface area contributed by atoms with Crippen molar-refractivity contribution >= 4 is 17.4 Å². The van der Waals surface area contributed by atoms with Crippen molar-refractivity contribution in [3.05, 3.63) is 17.0 Å². The van der Waals surface area contributed by atoms with Crippen LogP contribution in [0.3, 0.4) is 0 Å². The first kappa shape index (κ1) is 14.2. The Labute approximate surface area is 108 Å². The van der Waals surface area contributed by atoms with E-state index < -0.39 is 0 Å². The molecule has 1 N–H and O–H groups in total. The average Bonchev–Trinajstić information content (AvgIpc) is 2.27. The van der Waals surface area contributed by atoms with E-state index in [9.17, 15) is 0 Å². The molecular weight excluding hydrogens is 238 g/mol. The van der Waals surface area contributed by atoms with Crippen LogP contribution >= 0.6 is 11.6 Å². The van der Waals surface area contributed by atoms with Gasteiger partial charge >= 0.3 is 0 Å². The molecule has 1 heterocycles. The van der Waals surface area contributed by atoms with Gasteiger partial charge in [0.25, 0.3) is 0 Å². The molecule has 96 valence electrons. The van der Waals surface area contributed by atoms with Crippen LogP contribution in [0.1, 0.15) is 33.0 Å². The smallest absolute Gasteiger partial charge is 0.158 e. The molecular formula is C12H20ClN3O. The number of nitrogens with zero attached hydrogens (tertiary/aromatic N) is 2. The Morgan fingerprint density at radius 3 is 2.71 bits per heavy atom. The van der Waals surface area contributed by atoms with E-state index in [1.165, 1.54) is 0 Å². The van der Waals surface area contributed by atoms with Crippen LogP contribution < -0.4 is 5.32 Å². The van der Waals surface area contributed by atoms with E-state index in [-0.39, 0.29) is 0 Å². The van der Waals surface area contributed by atoms with Crippen molar-refractivity contribution in [2.45, 2.75) is 39.8 Å². The quantitative estimate of drug-likeness (QED) is 0.796. The fourth-order valence-electron chi connectivity index (χ4n) is 1.46. The molecule has 1 aromatic heterocycles. The predicted octanol–water partition coefficient (Wildman–Crippen LogP) is 3.12. The first-order chi connectivity index (χ1) is 8.06. The summed E-state index contributed by atoms with van der Waals surface area (Å²) in [6.07, 6.45) is 1.12. The molecule has 4 nitrogen and oxygen atoms in total. The average molecular weight is 258 g/mol. The van der Waals surface area contributed by atoms with Gasteiger partial charge in [-0.1, -0.05) is 31.9 Å². The monoisotopic (exact) mass is 257 g/mol. The number of aromatic nitrogens is 2. The van der Waals surface area contributed by atoms with E-state index >= 15 is 0 Å². The van der Waals surface area contributed by atoms with Gasteiger partial charge in [0.1, 0.15) is 17.6 Å². The summed E-state index contributed by atoms with van der Waals surface area (Å²) < 4.78 is 5.00. The highest BCUT2D eigenvalue weighted by atomic mass is 35.5. The lowest BCUT2D eigenvalue weighted by Gasteiger charge is -2.20. The molecule has 0 bridgehead atoms. The molecule has 0 aliphatic rings. The zero-order valence-corrected chi connectivity index (χ0v) is 11.6. The van der Waals surface area contributed by atoms with Crippen LogP contribution in [-0.4, -0.2) is 23.1 Å². The van der Waals surface area contributed by atoms with Gasteiger partial charge in [0.05, 0.1) is 0 Å². The van der Waals surface area contributed by atoms with Crippen molar-refractivity contribution in [2.24, 2.45) is 5.92 Å². The van der Waals surface area contributed by atoms with Crippen LogP contribution in [0.15, 0.2) is 6.07 Å². The number of anilines is 1. The Morgan fingerprint density at radius 1 is 1.41 bits per heavy atom. The zero-order chi connectivity index (χ0) is 12.8. The molecule has 0 saturated carbocycles. The highest BCUT2D eigenvalue weighted by Crippen LogP contribution is 2.16. The molecule has 1 aromatic rings. The Hall–Kier alpha value is -0.870. The lowest BCUT2D eigenvalue weighted by Crippen LogP contribution is -2.24. The number of nitrogens with one attached hydrogen (secondary N) is 1. The van der Waals surface area contributed by atoms with Crippen LogP contribution in [0.5, 0.6) is 0 Å². The van der Waals surface area contributed by atoms with Gasteiger partial charge in [0.2, 0.25) is 0 Å². The maximum Gasteiger partial charge on any atom is 0.158 e. The van der Waals surface area contributed by atoms with E-state index in [1.54, 1.807) is 13.2 Å². The molecule has 2 atom stereocenters. The van der Waals surface area contributed by atoms with Gasteiger partial charge in [-0.05, 0) is 12.8 Å². The fourth-order valence-corrected chi connectivity index (χ4v) is 1.66. The second-order valence-corrected chi connectivity index (χ2v) is 4.63. The minimum absolute atomic E-state index is 0.348. The standard InChI is InChI=1S/C12H20ClN3O/c1-5-8(2)9(3)14-11-6-10(13)15-12(16-11)7-17-4/h6,8-9H,5,7H2,1-4H3,(H,14,15,16). The zero-order valence-electron chi connectivity index (χ0n) is 10.8. The maximum absolute atomic E-state index is 5.94. The van der Waals surface area contributed by atoms with E-state index in [0.717, 1.165) is 12.2 Å². The summed E-state index contributed by atoms with van der Waals surface area (Å²) in [5.41, 5.74) is 0. The minimum Gasteiger partial charge on any atom is -0.377 e. The summed E-state index contributed by atoms with van der Waals surface area (Å²) >= 11 is 5.94. The fraction of sp³-hybridized carbons (Fsp3) is 0.667. The SMILES string of the molecule is CCC(C)C(C)Nc1cc(Cl)nc(COC)n1. The number of hydrogen-bond acceptors (Lipinski definition) is 4. The second kappa shape index (κ2) is 6.77. The predicted molar refractivity (Wildman–Crippen MR) is 70.3 cm³/mol. The van der Waals surface area contributed by atoms with Crippen molar-refractivity contribution in [3.63, 3.8) is 0 Å². The van der Waals surface area contributed by atoms with Crippen LogP contribution in [0.4, 0.5) is 5.82 Å². The Bertz CT molecular complexity index is 360.